The van der Waals surface area contributed by atoms with Gasteiger partial charge in [-0.2, -0.15) is 8.78 Å². The number of urea groups is 1. The maximum absolute atomic E-state index is 12.5. The average Bonchev–Trinajstić information content (AvgIpc) is 2.72. The third-order valence-electron chi connectivity index (χ3n) is 4.41. The van der Waals surface area contributed by atoms with Crippen LogP contribution < -0.4 is 15.4 Å². The summed E-state index contributed by atoms with van der Waals surface area (Å²) in [4.78, 5) is 25.9. The van der Waals surface area contributed by atoms with Crippen molar-refractivity contribution in [2.75, 3.05) is 18.9 Å². The number of fused-ring (bicyclic) bond motifs is 1. The van der Waals surface area contributed by atoms with Gasteiger partial charge in [-0.1, -0.05) is 54.6 Å². The van der Waals surface area contributed by atoms with E-state index in [0.29, 0.717) is 11.3 Å². The first-order valence-corrected chi connectivity index (χ1v) is 9.23. The molecule has 0 spiro atoms. The van der Waals surface area contributed by atoms with Crippen molar-refractivity contribution in [2.45, 2.75) is 13.2 Å². The number of hydrogen-bond acceptors (Lipinski definition) is 3. The van der Waals surface area contributed by atoms with E-state index < -0.39 is 12.6 Å². The predicted molar refractivity (Wildman–Crippen MR) is 111 cm³/mol. The normalized spacial score (nSPS) is 10.7. The molecule has 0 atom stereocenters. The molecule has 0 radical (unpaired) electrons. The van der Waals surface area contributed by atoms with E-state index in [2.05, 4.69) is 15.4 Å². The first kappa shape index (κ1) is 21.0. The van der Waals surface area contributed by atoms with E-state index in [4.69, 9.17) is 0 Å². The molecule has 156 valence electrons. The van der Waals surface area contributed by atoms with Crippen LogP contribution in [0.2, 0.25) is 0 Å². The van der Waals surface area contributed by atoms with Gasteiger partial charge in [-0.15, -0.1) is 0 Å². The second kappa shape index (κ2) is 9.69. The number of likely N-dealkylation sites (N-methyl/N-ethyl adjacent to an activating group) is 1. The summed E-state index contributed by atoms with van der Waals surface area (Å²) in [6.45, 7) is -3.15. The van der Waals surface area contributed by atoms with Gasteiger partial charge in [0.15, 0.2) is 0 Å². The van der Waals surface area contributed by atoms with Crippen LogP contribution in [-0.2, 0) is 11.3 Å². The Balaban J connectivity index is 1.56. The number of ether oxygens (including phenoxy) is 1. The van der Waals surface area contributed by atoms with Crippen LogP contribution in [-0.4, -0.2) is 37.0 Å². The summed E-state index contributed by atoms with van der Waals surface area (Å²) in [7, 11) is 1.47. The third-order valence-corrected chi connectivity index (χ3v) is 4.41. The van der Waals surface area contributed by atoms with Crippen LogP contribution in [0.5, 0.6) is 5.75 Å². The standard InChI is InChI=1S/C22H21F2N3O3/c1-27(22(29)25-13-16-8-3-5-12-19(16)30-21(23)24)14-20(28)26-18-11-6-9-15-7-2-4-10-17(15)18/h2-12,21H,13-14H2,1H3,(H,25,29)(H,26,28). The van der Waals surface area contributed by atoms with Gasteiger partial charge in [0.2, 0.25) is 5.91 Å². The van der Waals surface area contributed by atoms with Crippen LogP contribution in [0.15, 0.2) is 66.7 Å². The van der Waals surface area contributed by atoms with Crippen LogP contribution in [0.4, 0.5) is 19.3 Å². The minimum atomic E-state index is -2.96. The van der Waals surface area contributed by atoms with Crippen molar-refractivity contribution in [3.8, 4) is 5.75 Å². The smallest absolute Gasteiger partial charge is 0.387 e. The Morgan fingerprint density at radius 3 is 2.50 bits per heavy atom. The number of rotatable bonds is 7. The second-order valence-electron chi connectivity index (χ2n) is 6.58. The molecular formula is C22H21F2N3O3. The molecule has 0 unspecified atom stereocenters. The Labute approximate surface area is 172 Å². The Morgan fingerprint density at radius 1 is 1.00 bits per heavy atom. The monoisotopic (exact) mass is 413 g/mol. The number of benzene rings is 3. The average molecular weight is 413 g/mol. The van der Waals surface area contributed by atoms with Crippen molar-refractivity contribution in [1.29, 1.82) is 0 Å². The topological polar surface area (TPSA) is 70.7 Å². The van der Waals surface area contributed by atoms with Crippen LogP contribution >= 0.6 is 0 Å². The van der Waals surface area contributed by atoms with Crippen LogP contribution in [0.3, 0.4) is 0 Å². The molecule has 0 saturated carbocycles. The molecule has 0 bridgehead atoms. The molecule has 0 heterocycles. The third kappa shape index (κ3) is 5.44. The number of para-hydroxylation sites is 1. The lowest BCUT2D eigenvalue weighted by Gasteiger charge is -2.19. The van der Waals surface area contributed by atoms with E-state index in [-0.39, 0.29) is 24.7 Å². The summed E-state index contributed by atoms with van der Waals surface area (Å²) in [5.41, 5.74) is 1.06. The first-order chi connectivity index (χ1) is 14.4. The minimum absolute atomic E-state index is 0.0100. The lowest BCUT2D eigenvalue weighted by Crippen LogP contribution is -2.41. The molecule has 0 aromatic heterocycles. The number of amides is 3. The van der Waals surface area contributed by atoms with Gasteiger partial charge >= 0.3 is 12.6 Å². The van der Waals surface area contributed by atoms with Crippen LogP contribution in [0, 0.1) is 0 Å². The van der Waals surface area contributed by atoms with Crippen molar-refractivity contribution >= 4 is 28.4 Å². The van der Waals surface area contributed by atoms with E-state index in [9.17, 15) is 18.4 Å². The number of anilines is 1. The Kier molecular flexibility index (Phi) is 6.79. The molecule has 3 rings (SSSR count). The van der Waals surface area contributed by atoms with Crippen molar-refractivity contribution in [1.82, 2.24) is 10.2 Å². The summed E-state index contributed by atoms with van der Waals surface area (Å²) in [5.74, 6) is -0.366. The highest BCUT2D eigenvalue weighted by Gasteiger charge is 2.15. The molecule has 0 aliphatic heterocycles. The molecule has 0 aliphatic rings. The van der Waals surface area contributed by atoms with Gasteiger partial charge in [-0.25, -0.2) is 4.79 Å². The van der Waals surface area contributed by atoms with Gasteiger partial charge in [0.05, 0.1) is 0 Å². The zero-order chi connectivity index (χ0) is 21.5. The molecule has 0 aliphatic carbocycles. The summed E-state index contributed by atoms with van der Waals surface area (Å²) in [5, 5.41) is 7.30. The zero-order valence-corrected chi connectivity index (χ0v) is 16.3. The SMILES string of the molecule is CN(CC(=O)Nc1cccc2ccccc12)C(=O)NCc1ccccc1OC(F)F. The lowest BCUT2D eigenvalue weighted by molar-refractivity contribution is -0.116. The fourth-order valence-corrected chi connectivity index (χ4v) is 2.98. The van der Waals surface area contributed by atoms with E-state index in [1.807, 2.05) is 36.4 Å². The Bertz CT molecular complexity index is 1040. The summed E-state index contributed by atoms with van der Waals surface area (Å²) in [6, 6.07) is 18.9. The molecule has 0 fully saturated rings. The van der Waals surface area contributed by atoms with E-state index in [1.54, 1.807) is 24.3 Å². The number of nitrogens with zero attached hydrogens (tertiary/aromatic N) is 1. The van der Waals surface area contributed by atoms with Crippen LogP contribution in [0.1, 0.15) is 5.56 Å². The maximum atomic E-state index is 12.5. The summed E-state index contributed by atoms with van der Waals surface area (Å²) >= 11 is 0. The maximum Gasteiger partial charge on any atom is 0.387 e. The van der Waals surface area contributed by atoms with Gasteiger partial charge in [0.1, 0.15) is 12.3 Å². The van der Waals surface area contributed by atoms with Crippen molar-refractivity contribution < 1.29 is 23.1 Å². The molecule has 8 heteroatoms. The molecule has 2 N–H and O–H groups in total. The lowest BCUT2D eigenvalue weighted by atomic mass is 10.1. The van der Waals surface area contributed by atoms with Crippen LogP contribution in [0.25, 0.3) is 10.8 Å². The minimum Gasteiger partial charge on any atom is -0.434 e. The number of hydrogen-bond donors (Lipinski definition) is 2. The summed E-state index contributed by atoms with van der Waals surface area (Å²) < 4.78 is 29.4. The predicted octanol–water partition coefficient (Wildman–Crippen LogP) is 4.22. The highest BCUT2D eigenvalue weighted by atomic mass is 19.3. The van der Waals surface area contributed by atoms with Gasteiger partial charge in [0.25, 0.3) is 0 Å². The van der Waals surface area contributed by atoms with E-state index in [0.717, 1.165) is 10.8 Å². The fraction of sp³-hybridized carbons (Fsp3) is 0.182. The van der Waals surface area contributed by atoms with Crippen molar-refractivity contribution in [3.63, 3.8) is 0 Å². The van der Waals surface area contributed by atoms with Gasteiger partial charge in [-0.05, 0) is 17.5 Å². The molecule has 3 amide bonds. The largest absolute Gasteiger partial charge is 0.434 e. The Hall–Kier alpha value is -3.68. The molecule has 0 saturated heterocycles. The fourth-order valence-electron chi connectivity index (χ4n) is 2.98. The quantitative estimate of drug-likeness (QED) is 0.609. The number of nitrogens with one attached hydrogen (secondary N) is 2. The molecule has 3 aromatic carbocycles. The number of carbonyl (C=O) groups is 2. The molecular weight excluding hydrogens is 392 g/mol. The second-order valence-corrected chi connectivity index (χ2v) is 6.58. The number of alkyl halides is 2. The van der Waals surface area contributed by atoms with Crippen molar-refractivity contribution in [3.05, 3.63) is 72.3 Å². The Morgan fingerprint density at radius 2 is 1.70 bits per heavy atom. The first-order valence-electron chi connectivity index (χ1n) is 9.23. The highest BCUT2D eigenvalue weighted by molar-refractivity contribution is 6.03. The van der Waals surface area contributed by atoms with E-state index >= 15 is 0 Å². The number of halogens is 2. The number of carbonyl (C=O) groups excluding carboxylic acids is 2. The van der Waals surface area contributed by atoms with Gasteiger partial charge in [-0.3, -0.25) is 4.79 Å². The van der Waals surface area contributed by atoms with Gasteiger partial charge < -0.3 is 20.3 Å². The highest BCUT2D eigenvalue weighted by Crippen LogP contribution is 2.23. The van der Waals surface area contributed by atoms with Crippen molar-refractivity contribution in [2.24, 2.45) is 0 Å². The molecule has 6 nitrogen and oxygen atoms in total. The van der Waals surface area contributed by atoms with E-state index in [1.165, 1.54) is 18.0 Å². The van der Waals surface area contributed by atoms with Gasteiger partial charge in [0, 0.05) is 30.2 Å². The summed E-state index contributed by atoms with van der Waals surface area (Å²) in [6.07, 6.45) is 0. The molecule has 3 aromatic rings. The zero-order valence-electron chi connectivity index (χ0n) is 16.3. The molecule has 30 heavy (non-hydrogen) atoms.